The maximum absolute atomic E-state index is 12.9. The average molecular weight is 416 g/mol. The molecule has 26 heavy (non-hydrogen) atoms. The van der Waals surface area contributed by atoms with Gasteiger partial charge in [-0.1, -0.05) is 34.1 Å². The third-order valence-electron chi connectivity index (χ3n) is 4.20. The number of anilines is 1. The highest BCUT2D eigenvalue weighted by Gasteiger charge is 2.26. The number of carbonyl (C=O) groups excluding carboxylic acids is 2. The molecule has 1 heterocycles. The Bertz CT molecular complexity index is 874. The van der Waals surface area contributed by atoms with Gasteiger partial charge in [-0.2, -0.15) is 0 Å². The van der Waals surface area contributed by atoms with Crippen LogP contribution in [0, 0.1) is 0 Å². The van der Waals surface area contributed by atoms with Crippen LogP contribution in [0.4, 0.5) is 5.69 Å². The van der Waals surface area contributed by atoms with Crippen molar-refractivity contribution in [1.29, 1.82) is 0 Å². The molecule has 0 saturated carbocycles. The summed E-state index contributed by atoms with van der Waals surface area (Å²) in [4.78, 5) is 26.6. The van der Waals surface area contributed by atoms with Gasteiger partial charge in [-0.25, -0.2) is 4.79 Å². The van der Waals surface area contributed by atoms with Crippen molar-refractivity contribution in [3.05, 3.63) is 63.6 Å². The molecule has 0 spiro atoms. The molecule has 1 aliphatic heterocycles. The number of carbonyl (C=O) groups is 2. The monoisotopic (exact) mass is 415 g/mol. The van der Waals surface area contributed by atoms with E-state index in [1.54, 1.807) is 18.1 Å². The molecular weight excluding hydrogens is 398 g/mol. The van der Waals surface area contributed by atoms with E-state index in [9.17, 15) is 9.59 Å². The van der Waals surface area contributed by atoms with Crippen molar-refractivity contribution in [3.8, 4) is 5.75 Å². The SMILES string of the molecule is COC(=O)C1=Cc2ccc(Br)cc2N(Cc2ccc(OC)cc2)C(=O)C1. The number of methoxy groups -OCH3 is 2. The highest BCUT2D eigenvalue weighted by atomic mass is 79.9. The normalized spacial score (nSPS) is 13.6. The largest absolute Gasteiger partial charge is 0.497 e. The maximum atomic E-state index is 12.9. The third-order valence-corrected chi connectivity index (χ3v) is 4.70. The van der Waals surface area contributed by atoms with Crippen LogP contribution in [-0.2, 0) is 20.9 Å². The number of hydrogen-bond donors (Lipinski definition) is 0. The molecule has 6 heteroatoms. The van der Waals surface area contributed by atoms with Crippen molar-refractivity contribution in [2.45, 2.75) is 13.0 Å². The van der Waals surface area contributed by atoms with Crippen molar-refractivity contribution in [2.24, 2.45) is 0 Å². The van der Waals surface area contributed by atoms with Crippen LogP contribution in [0.2, 0.25) is 0 Å². The van der Waals surface area contributed by atoms with Gasteiger partial charge in [0.25, 0.3) is 0 Å². The molecule has 0 atom stereocenters. The van der Waals surface area contributed by atoms with Gasteiger partial charge in [0.05, 0.1) is 32.9 Å². The summed E-state index contributed by atoms with van der Waals surface area (Å²) in [6, 6.07) is 13.2. The van der Waals surface area contributed by atoms with Crippen LogP contribution >= 0.6 is 15.9 Å². The zero-order valence-corrected chi connectivity index (χ0v) is 16.1. The Kier molecular flexibility index (Phi) is 5.42. The molecule has 5 nitrogen and oxygen atoms in total. The fraction of sp³-hybridized carbons (Fsp3) is 0.200. The number of fused-ring (bicyclic) bond motifs is 1. The molecule has 1 aliphatic rings. The second kappa shape index (κ2) is 7.74. The summed E-state index contributed by atoms with van der Waals surface area (Å²) in [6.45, 7) is 0.397. The Morgan fingerprint density at radius 1 is 1.15 bits per heavy atom. The lowest BCUT2D eigenvalue weighted by molar-refractivity contribution is -0.137. The van der Waals surface area contributed by atoms with E-state index in [-0.39, 0.29) is 12.3 Å². The highest BCUT2D eigenvalue weighted by Crippen LogP contribution is 2.33. The Morgan fingerprint density at radius 2 is 1.88 bits per heavy atom. The first-order chi connectivity index (χ1) is 12.5. The van der Waals surface area contributed by atoms with E-state index >= 15 is 0 Å². The maximum Gasteiger partial charge on any atom is 0.334 e. The standard InChI is InChI=1S/C20H18BrNO4/c1-25-17-7-3-13(4-8-17)12-22-18-11-16(21)6-5-14(18)9-15(10-19(22)23)20(24)26-2/h3-9,11H,10,12H2,1-2H3. The van der Waals surface area contributed by atoms with E-state index < -0.39 is 5.97 Å². The zero-order chi connectivity index (χ0) is 18.7. The number of esters is 1. The third kappa shape index (κ3) is 3.80. The summed E-state index contributed by atoms with van der Waals surface area (Å²) in [5, 5.41) is 0. The number of halogens is 1. The topological polar surface area (TPSA) is 55.8 Å². The number of amides is 1. The molecule has 0 unspecified atom stereocenters. The number of benzene rings is 2. The lowest BCUT2D eigenvalue weighted by Crippen LogP contribution is -2.30. The lowest BCUT2D eigenvalue weighted by Gasteiger charge is -2.23. The minimum absolute atomic E-state index is 0.00483. The van der Waals surface area contributed by atoms with Crippen LogP contribution in [0.15, 0.2) is 52.5 Å². The minimum Gasteiger partial charge on any atom is -0.497 e. The minimum atomic E-state index is -0.487. The molecule has 0 fully saturated rings. The zero-order valence-electron chi connectivity index (χ0n) is 14.5. The van der Waals surface area contributed by atoms with Gasteiger partial charge in [-0.15, -0.1) is 0 Å². The predicted octanol–water partition coefficient (Wildman–Crippen LogP) is 3.95. The molecule has 0 bridgehead atoms. The number of ether oxygens (including phenoxy) is 2. The Morgan fingerprint density at radius 3 is 2.54 bits per heavy atom. The fourth-order valence-corrected chi connectivity index (χ4v) is 3.20. The van der Waals surface area contributed by atoms with Crippen LogP contribution in [0.5, 0.6) is 5.75 Å². The Balaban J connectivity index is 2.00. The quantitative estimate of drug-likeness (QED) is 0.709. The Labute approximate surface area is 160 Å². The summed E-state index contributed by atoms with van der Waals surface area (Å²) in [5.74, 6) is 0.113. The van der Waals surface area contributed by atoms with Gasteiger partial charge >= 0.3 is 5.97 Å². The van der Waals surface area contributed by atoms with E-state index in [0.29, 0.717) is 12.1 Å². The van der Waals surface area contributed by atoms with Crippen LogP contribution < -0.4 is 9.64 Å². The van der Waals surface area contributed by atoms with E-state index in [4.69, 9.17) is 9.47 Å². The molecule has 0 saturated heterocycles. The first-order valence-corrected chi connectivity index (χ1v) is 8.83. The molecule has 3 rings (SSSR count). The summed E-state index contributed by atoms with van der Waals surface area (Å²) in [6.07, 6.45) is 1.72. The molecule has 0 aliphatic carbocycles. The van der Waals surface area contributed by atoms with Crippen LogP contribution in [0.1, 0.15) is 17.5 Å². The lowest BCUT2D eigenvalue weighted by atomic mass is 10.1. The van der Waals surface area contributed by atoms with E-state index in [0.717, 1.165) is 27.0 Å². The molecular formula is C20H18BrNO4. The highest BCUT2D eigenvalue weighted by molar-refractivity contribution is 9.10. The van der Waals surface area contributed by atoms with Crippen LogP contribution in [-0.4, -0.2) is 26.1 Å². The average Bonchev–Trinajstić information content (AvgIpc) is 2.79. The summed E-state index contributed by atoms with van der Waals surface area (Å²) < 4.78 is 10.8. The Hall–Kier alpha value is -2.60. The van der Waals surface area contributed by atoms with Gasteiger partial charge in [-0.3, -0.25) is 4.79 Å². The smallest absolute Gasteiger partial charge is 0.334 e. The van der Waals surface area contributed by atoms with Gasteiger partial charge < -0.3 is 14.4 Å². The van der Waals surface area contributed by atoms with Gasteiger partial charge in [0.15, 0.2) is 0 Å². The second-order valence-corrected chi connectivity index (χ2v) is 6.78. The predicted molar refractivity (Wildman–Crippen MR) is 103 cm³/mol. The van der Waals surface area contributed by atoms with Gasteiger partial charge in [0, 0.05) is 10.0 Å². The first kappa shape index (κ1) is 18.2. The molecule has 2 aromatic carbocycles. The van der Waals surface area contributed by atoms with E-state index in [1.165, 1.54) is 7.11 Å². The van der Waals surface area contributed by atoms with Crippen molar-refractivity contribution in [3.63, 3.8) is 0 Å². The molecule has 0 radical (unpaired) electrons. The summed E-state index contributed by atoms with van der Waals surface area (Å²) >= 11 is 3.46. The molecule has 2 aromatic rings. The fourth-order valence-electron chi connectivity index (χ4n) is 2.85. The second-order valence-electron chi connectivity index (χ2n) is 5.87. The van der Waals surface area contributed by atoms with Gasteiger partial charge in [0.2, 0.25) is 5.91 Å². The molecule has 0 aromatic heterocycles. The molecule has 1 amide bonds. The first-order valence-electron chi connectivity index (χ1n) is 8.03. The number of rotatable bonds is 4. The van der Waals surface area contributed by atoms with Crippen molar-refractivity contribution < 1.29 is 19.1 Å². The van der Waals surface area contributed by atoms with Crippen molar-refractivity contribution >= 4 is 39.6 Å². The molecule has 0 N–H and O–H groups in total. The summed E-state index contributed by atoms with van der Waals surface area (Å²) in [5.41, 5.74) is 2.86. The van der Waals surface area contributed by atoms with Crippen molar-refractivity contribution in [1.82, 2.24) is 0 Å². The van der Waals surface area contributed by atoms with Crippen LogP contribution in [0.25, 0.3) is 6.08 Å². The number of nitrogens with zero attached hydrogens (tertiary/aromatic N) is 1. The number of hydrogen-bond acceptors (Lipinski definition) is 4. The van der Waals surface area contributed by atoms with E-state index in [2.05, 4.69) is 15.9 Å². The van der Waals surface area contributed by atoms with E-state index in [1.807, 2.05) is 42.5 Å². The molecule has 134 valence electrons. The van der Waals surface area contributed by atoms with Crippen LogP contribution in [0.3, 0.4) is 0 Å². The van der Waals surface area contributed by atoms with Gasteiger partial charge in [0.1, 0.15) is 5.75 Å². The summed E-state index contributed by atoms with van der Waals surface area (Å²) in [7, 11) is 2.93. The van der Waals surface area contributed by atoms with Gasteiger partial charge in [-0.05, 0) is 41.5 Å². The van der Waals surface area contributed by atoms with Crippen molar-refractivity contribution in [2.75, 3.05) is 19.1 Å².